The topological polar surface area (TPSA) is 47.4 Å². The molecule has 0 atom stereocenters. The fraction of sp³-hybridized carbons (Fsp3) is 0.417. The average Bonchev–Trinajstić information content (AvgIpc) is 2.69. The molecule has 5 heteroatoms. The van der Waals surface area contributed by atoms with E-state index in [0.717, 1.165) is 54.5 Å². The molecule has 0 amide bonds. The Labute approximate surface area is 170 Å². The third-order valence-electron chi connectivity index (χ3n) is 6.48. The lowest BCUT2D eigenvalue weighted by Gasteiger charge is -2.41. The van der Waals surface area contributed by atoms with E-state index in [1.165, 1.54) is 19.3 Å². The number of piperidine rings is 1. The summed E-state index contributed by atoms with van der Waals surface area (Å²) in [6, 6.07) is 14.4. The summed E-state index contributed by atoms with van der Waals surface area (Å²) in [5, 5.41) is 0.675. The van der Waals surface area contributed by atoms with Crippen molar-refractivity contribution in [1.29, 1.82) is 0 Å². The number of hydrogen-bond donors (Lipinski definition) is 0. The molecule has 3 aromatic rings. The number of likely N-dealkylation sites (tertiary alicyclic amines) is 1. The maximum atomic E-state index is 13.0. The molecular formula is C24H27N3O2. The first-order valence-corrected chi connectivity index (χ1v) is 10.7. The zero-order valence-corrected chi connectivity index (χ0v) is 16.9. The molecule has 0 radical (unpaired) electrons. The molecule has 5 nitrogen and oxygen atoms in total. The summed E-state index contributed by atoms with van der Waals surface area (Å²) in [6.45, 7) is 4.23. The van der Waals surface area contributed by atoms with Crippen molar-refractivity contribution >= 4 is 10.9 Å². The van der Waals surface area contributed by atoms with E-state index in [0.29, 0.717) is 5.39 Å². The van der Waals surface area contributed by atoms with E-state index in [4.69, 9.17) is 4.74 Å². The number of ether oxygens (including phenoxy) is 1. The van der Waals surface area contributed by atoms with Gasteiger partial charge in [0, 0.05) is 19.1 Å². The third kappa shape index (κ3) is 3.55. The van der Waals surface area contributed by atoms with E-state index < -0.39 is 0 Å². The van der Waals surface area contributed by atoms with Crippen molar-refractivity contribution in [3.05, 3.63) is 64.7 Å². The second-order valence-electron chi connectivity index (χ2n) is 8.32. The van der Waals surface area contributed by atoms with Crippen molar-refractivity contribution in [2.75, 3.05) is 13.1 Å². The number of rotatable bonds is 4. The standard InChI is InChI=1S/C24H27N3O2/c1-17-4-2-7-22-23(17)24(28)27(16-25-22)19-8-10-20(11-9-19)29-21-12-14-26(15-13-21)18-5-3-6-18/h2,4,7-11,16,18,21H,3,5-6,12-15H2,1H3. The number of aromatic nitrogens is 2. The Morgan fingerprint density at radius 1 is 1.00 bits per heavy atom. The van der Waals surface area contributed by atoms with Gasteiger partial charge in [0.25, 0.3) is 5.56 Å². The van der Waals surface area contributed by atoms with Gasteiger partial charge in [-0.1, -0.05) is 18.6 Å². The summed E-state index contributed by atoms with van der Waals surface area (Å²) in [4.78, 5) is 20.0. The third-order valence-corrected chi connectivity index (χ3v) is 6.48. The van der Waals surface area contributed by atoms with Crippen LogP contribution in [0.5, 0.6) is 5.75 Å². The highest BCUT2D eigenvalue weighted by Gasteiger charge is 2.29. The molecule has 1 aromatic heterocycles. The lowest BCUT2D eigenvalue weighted by Crippen LogP contribution is -2.46. The lowest BCUT2D eigenvalue weighted by atomic mass is 9.90. The summed E-state index contributed by atoms with van der Waals surface area (Å²) in [7, 11) is 0. The van der Waals surface area contributed by atoms with Crippen LogP contribution in [0, 0.1) is 6.92 Å². The zero-order valence-electron chi connectivity index (χ0n) is 16.9. The number of benzene rings is 2. The Kier molecular flexibility index (Phi) is 4.84. The maximum Gasteiger partial charge on any atom is 0.266 e. The minimum atomic E-state index is -0.0369. The summed E-state index contributed by atoms with van der Waals surface area (Å²) in [6.07, 6.45) is 8.20. The maximum absolute atomic E-state index is 13.0. The predicted octanol–water partition coefficient (Wildman–Crippen LogP) is 4.09. The van der Waals surface area contributed by atoms with Crippen LogP contribution in [0.3, 0.4) is 0 Å². The molecule has 29 heavy (non-hydrogen) atoms. The largest absolute Gasteiger partial charge is 0.490 e. The normalized spacial score (nSPS) is 18.7. The average molecular weight is 389 g/mol. The van der Waals surface area contributed by atoms with Crippen molar-refractivity contribution in [3.63, 3.8) is 0 Å². The van der Waals surface area contributed by atoms with E-state index in [2.05, 4.69) is 9.88 Å². The van der Waals surface area contributed by atoms with Crippen molar-refractivity contribution in [3.8, 4) is 11.4 Å². The Hall–Kier alpha value is -2.66. The fourth-order valence-electron chi connectivity index (χ4n) is 4.50. The highest BCUT2D eigenvalue weighted by molar-refractivity contribution is 5.81. The summed E-state index contributed by atoms with van der Waals surface area (Å²) in [5.74, 6) is 0.869. The van der Waals surface area contributed by atoms with Gasteiger partial charge < -0.3 is 9.64 Å². The molecule has 2 aliphatic rings. The van der Waals surface area contributed by atoms with Gasteiger partial charge in [0.05, 0.1) is 16.6 Å². The Bertz CT molecular complexity index is 1060. The molecule has 2 fully saturated rings. The van der Waals surface area contributed by atoms with E-state index in [9.17, 15) is 4.79 Å². The number of fused-ring (bicyclic) bond motifs is 1. The molecule has 1 aliphatic carbocycles. The minimum Gasteiger partial charge on any atom is -0.490 e. The molecule has 0 N–H and O–H groups in total. The van der Waals surface area contributed by atoms with Crippen molar-refractivity contribution in [2.45, 2.75) is 51.2 Å². The molecule has 1 saturated heterocycles. The van der Waals surface area contributed by atoms with Gasteiger partial charge in [-0.2, -0.15) is 0 Å². The van der Waals surface area contributed by atoms with Crippen LogP contribution in [-0.4, -0.2) is 39.7 Å². The fourth-order valence-corrected chi connectivity index (χ4v) is 4.50. The Morgan fingerprint density at radius 2 is 1.76 bits per heavy atom. The molecule has 150 valence electrons. The van der Waals surface area contributed by atoms with Crippen LogP contribution in [-0.2, 0) is 0 Å². The summed E-state index contributed by atoms with van der Waals surface area (Å²) in [5.41, 5.74) is 2.45. The highest BCUT2D eigenvalue weighted by Crippen LogP contribution is 2.28. The van der Waals surface area contributed by atoms with Gasteiger partial charge in [-0.25, -0.2) is 4.98 Å². The highest BCUT2D eigenvalue weighted by atomic mass is 16.5. The van der Waals surface area contributed by atoms with Gasteiger partial charge in [-0.3, -0.25) is 9.36 Å². The van der Waals surface area contributed by atoms with E-state index in [-0.39, 0.29) is 11.7 Å². The van der Waals surface area contributed by atoms with Crippen molar-refractivity contribution in [1.82, 2.24) is 14.5 Å². The van der Waals surface area contributed by atoms with Crippen LogP contribution in [0.4, 0.5) is 0 Å². The monoisotopic (exact) mass is 389 g/mol. The number of nitrogens with zero attached hydrogens (tertiary/aromatic N) is 3. The smallest absolute Gasteiger partial charge is 0.266 e. The van der Waals surface area contributed by atoms with E-state index in [1.807, 2.05) is 49.4 Å². The van der Waals surface area contributed by atoms with E-state index >= 15 is 0 Å². The number of hydrogen-bond acceptors (Lipinski definition) is 4. The first-order valence-electron chi connectivity index (χ1n) is 10.7. The number of aryl methyl sites for hydroxylation is 1. The van der Waals surface area contributed by atoms with Crippen molar-refractivity contribution < 1.29 is 4.74 Å². The summed E-state index contributed by atoms with van der Waals surface area (Å²) >= 11 is 0. The molecule has 1 saturated carbocycles. The molecule has 5 rings (SSSR count). The lowest BCUT2D eigenvalue weighted by molar-refractivity contribution is 0.0493. The van der Waals surface area contributed by atoms with Gasteiger partial charge in [0.1, 0.15) is 18.2 Å². The summed E-state index contributed by atoms with van der Waals surface area (Å²) < 4.78 is 7.82. The van der Waals surface area contributed by atoms with Crippen LogP contribution in [0.25, 0.3) is 16.6 Å². The van der Waals surface area contributed by atoms with Gasteiger partial charge in [-0.15, -0.1) is 0 Å². The second-order valence-corrected chi connectivity index (χ2v) is 8.32. The van der Waals surface area contributed by atoms with Crippen molar-refractivity contribution in [2.24, 2.45) is 0 Å². The predicted molar refractivity (Wildman–Crippen MR) is 115 cm³/mol. The molecule has 0 bridgehead atoms. The molecule has 0 unspecified atom stereocenters. The Balaban J connectivity index is 1.29. The molecule has 1 aliphatic heterocycles. The van der Waals surface area contributed by atoms with Crippen LogP contribution in [0.1, 0.15) is 37.7 Å². The van der Waals surface area contributed by atoms with Gasteiger partial charge in [0.2, 0.25) is 0 Å². The Morgan fingerprint density at radius 3 is 2.45 bits per heavy atom. The van der Waals surface area contributed by atoms with Crippen LogP contribution < -0.4 is 10.3 Å². The second kappa shape index (κ2) is 7.64. The van der Waals surface area contributed by atoms with Crippen LogP contribution in [0.2, 0.25) is 0 Å². The van der Waals surface area contributed by atoms with Crippen LogP contribution in [0.15, 0.2) is 53.6 Å². The quantitative estimate of drug-likeness (QED) is 0.674. The first kappa shape index (κ1) is 18.4. The van der Waals surface area contributed by atoms with E-state index in [1.54, 1.807) is 10.9 Å². The molecule has 2 heterocycles. The minimum absolute atomic E-state index is 0.0369. The zero-order chi connectivity index (χ0) is 19.8. The van der Waals surface area contributed by atoms with Gasteiger partial charge in [0.15, 0.2) is 0 Å². The van der Waals surface area contributed by atoms with Gasteiger partial charge in [-0.05, 0) is 68.5 Å². The first-order chi connectivity index (χ1) is 14.2. The molecular weight excluding hydrogens is 362 g/mol. The SMILES string of the molecule is Cc1cccc2ncn(-c3ccc(OC4CCN(C5CCC5)CC4)cc3)c(=O)c12. The van der Waals surface area contributed by atoms with Gasteiger partial charge >= 0.3 is 0 Å². The molecule has 2 aromatic carbocycles. The van der Waals surface area contributed by atoms with Crippen LogP contribution >= 0.6 is 0 Å². The molecule has 0 spiro atoms.